The fraction of sp³-hybridized carbons (Fsp3) is 0.643. The van der Waals surface area contributed by atoms with Crippen LogP contribution in [-0.2, 0) is 6.54 Å². The molecular formula is C14H23N3S. The van der Waals surface area contributed by atoms with E-state index in [1.165, 1.54) is 30.8 Å². The molecule has 0 radical (unpaired) electrons. The number of hydrogen-bond acceptors (Lipinski definition) is 4. The van der Waals surface area contributed by atoms with Crippen molar-refractivity contribution in [1.29, 1.82) is 0 Å². The summed E-state index contributed by atoms with van der Waals surface area (Å²) in [5.74, 6) is 2.26. The Labute approximate surface area is 114 Å². The van der Waals surface area contributed by atoms with Crippen molar-refractivity contribution < 1.29 is 0 Å². The second-order valence-electron chi connectivity index (χ2n) is 4.72. The summed E-state index contributed by atoms with van der Waals surface area (Å²) in [5.41, 5.74) is 1.36. The van der Waals surface area contributed by atoms with Gasteiger partial charge in [0.05, 0.1) is 0 Å². The summed E-state index contributed by atoms with van der Waals surface area (Å²) < 4.78 is 0. The summed E-state index contributed by atoms with van der Waals surface area (Å²) in [6.07, 6.45) is 3.18. The van der Waals surface area contributed by atoms with Crippen molar-refractivity contribution in [2.24, 2.45) is 0 Å². The predicted molar refractivity (Wildman–Crippen MR) is 80.2 cm³/mol. The quantitative estimate of drug-likeness (QED) is 0.886. The van der Waals surface area contributed by atoms with Gasteiger partial charge in [0.2, 0.25) is 0 Å². The zero-order valence-electron chi connectivity index (χ0n) is 11.4. The van der Waals surface area contributed by atoms with Crippen LogP contribution < -0.4 is 5.32 Å². The molecule has 0 aromatic carbocycles. The molecule has 1 aliphatic heterocycles. The predicted octanol–water partition coefficient (Wildman–Crippen LogP) is 2.84. The highest BCUT2D eigenvalue weighted by molar-refractivity contribution is 8.00. The summed E-state index contributed by atoms with van der Waals surface area (Å²) in [4.78, 5) is 6.88. The maximum atomic E-state index is 4.32. The van der Waals surface area contributed by atoms with Gasteiger partial charge in [-0.2, -0.15) is 11.8 Å². The van der Waals surface area contributed by atoms with Crippen molar-refractivity contribution in [2.75, 3.05) is 30.7 Å². The first-order valence-corrected chi connectivity index (χ1v) is 7.89. The number of nitrogens with zero attached hydrogens (tertiary/aromatic N) is 2. The second kappa shape index (κ2) is 7.00. The first kappa shape index (κ1) is 13.7. The summed E-state index contributed by atoms with van der Waals surface area (Å²) in [6, 6.07) is 4.30. The minimum Gasteiger partial charge on any atom is -0.370 e. The third-order valence-electron chi connectivity index (χ3n) is 3.27. The van der Waals surface area contributed by atoms with E-state index in [-0.39, 0.29) is 0 Å². The van der Waals surface area contributed by atoms with Gasteiger partial charge >= 0.3 is 0 Å². The molecule has 1 aromatic rings. The zero-order chi connectivity index (χ0) is 12.8. The summed E-state index contributed by atoms with van der Waals surface area (Å²) in [6.45, 7) is 8.80. The van der Waals surface area contributed by atoms with Crippen LogP contribution in [0.25, 0.3) is 0 Å². The summed E-state index contributed by atoms with van der Waals surface area (Å²) in [7, 11) is 0. The Morgan fingerprint density at radius 2 is 2.39 bits per heavy atom. The van der Waals surface area contributed by atoms with Crippen LogP contribution in [0.4, 0.5) is 5.82 Å². The Morgan fingerprint density at radius 3 is 3.17 bits per heavy atom. The lowest BCUT2D eigenvalue weighted by atomic mass is 10.2. The molecule has 1 atom stereocenters. The number of nitrogens with one attached hydrogen (secondary N) is 1. The molecule has 2 heterocycles. The van der Waals surface area contributed by atoms with Crippen molar-refractivity contribution in [1.82, 2.24) is 9.88 Å². The number of pyridine rings is 1. The van der Waals surface area contributed by atoms with Crippen LogP contribution in [0.3, 0.4) is 0 Å². The summed E-state index contributed by atoms with van der Waals surface area (Å²) >= 11 is 2.12. The molecule has 0 amide bonds. The van der Waals surface area contributed by atoms with Gasteiger partial charge < -0.3 is 5.32 Å². The topological polar surface area (TPSA) is 28.2 Å². The highest BCUT2D eigenvalue weighted by atomic mass is 32.2. The number of anilines is 1. The molecular weight excluding hydrogens is 242 g/mol. The van der Waals surface area contributed by atoms with Crippen molar-refractivity contribution in [3.8, 4) is 0 Å². The smallest absolute Gasteiger partial charge is 0.126 e. The standard InChI is InChI=1S/C14H23N3S/c1-3-13-11-17(7-8-18-13)10-12-5-6-16-14(9-12)15-4-2/h5-6,9,13H,3-4,7-8,10-11H2,1-2H3,(H,15,16). The Balaban J connectivity index is 1.93. The van der Waals surface area contributed by atoms with E-state index in [9.17, 15) is 0 Å². The van der Waals surface area contributed by atoms with Crippen LogP contribution in [0.5, 0.6) is 0 Å². The minimum absolute atomic E-state index is 0.814. The van der Waals surface area contributed by atoms with Gasteiger partial charge in [-0.05, 0) is 31.0 Å². The fourth-order valence-electron chi connectivity index (χ4n) is 2.28. The van der Waals surface area contributed by atoms with Crippen molar-refractivity contribution in [2.45, 2.75) is 32.1 Å². The van der Waals surface area contributed by atoms with Crippen molar-refractivity contribution in [3.05, 3.63) is 23.9 Å². The van der Waals surface area contributed by atoms with Gasteiger partial charge in [-0.3, -0.25) is 4.90 Å². The largest absolute Gasteiger partial charge is 0.370 e. The lowest BCUT2D eigenvalue weighted by molar-refractivity contribution is 0.273. The van der Waals surface area contributed by atoms with Crippen molar-refractivity contribution in [3.63, 3.8) is 0 Å². The van der Waals surface area contributed by atoms with Crippen LogP contribution in [0, 0.1) is 0 Å². The molecule has 0 saturated carbocycles. The molecule has 1 fully saturated rings. The highest BCUT2D eigenvalue weighted by Gasteiger charge is 2.18. The molecule has 18 heavy (non-hydrogen) atoms. The molecule has 0 bridgehead atoms. The third kappa shape index (κ3) is 3.89. The number of hydrogen-bond donors (Lipinski definition) is 1. The average molecular weight is 265 g/mol. The van der Waals surface area contributed by atoms with Gasteiger partial charge in [0, 0.05) is 43.4 Å². The molecule has 100 valence electrons. The van der Waals surface area contributed by atoms with Crippen LogP contribution >= 0.6 is 11.8 Å². The van der Waals surface area contributed by atoms with Crippen LogP contribution in [0.15, 0.2) is 18.3 Å². The number of thioether (sulfide) groups is 1. The lowest BCUT2D eigenvalue weighted by Crippen LogP contribution is -2.37. The molecule has 2 rings (SSSR count). The van der Waals surface area contributed by atoms with Gasteiger partial charge in [-0.15, -0.1) is 0 Å². The second-order valence-corrected chi connectivity index (χ2v) is 6.12. The Bertz CT molecular complexity index is 370. The normalized spacial score (nSPS) is 20.9. The molecule has 3 nitrogen and oxygen atoms in total. The van der Waals surface area contributed by atoms with E-state index in [0.717, 1.165) is 24.2 Å². The van der Waals surface area contributed by atoms with Crippen LogP contribution in [-0.4, -0.2) is 40.5 Å². The monoisotopic (exact) mass is 265 g/mol. The Kier molecular flexibility index (Phi) is 5.32. The minimum atomic E-state index is 0.814. The molecule has 1 aliphatic rings. The molecule has 1 saturated heterocycles. The van der Waals surface area contributed by atoms with E-state index in [1.807, 2.05) is 6.20 Å². The third-order valence-corrected chi connectivity index (χ3v) is 4.64. The van der Waals surface area contributed by atoms with Gasteiger partial charge in [-0.25, -0.2) is 4.98 Å². The number of rotatable bonds is 5. The van der Waals surface area contributed by atoms with Gasteiger partial charge in [0.25, 0.3) is 0 Å². The van der Waals surface area contributed by atoms with E-state index in [4.69, 9.17) is 0 Å². The number of aromatic nitrogens is 1. The van der Waals surface area contributed by atoms with E-state index in [2.05, 4.69) is 52.9 Å². The molecule has 4 heteroatoms. The van der Waals surface area contributed by atoms with Crippen molar-refractivity contribution >= 4 is 17.6 Å². The average Bonchev–Trinajstić information content (AvgIpc) is 2.40. The summed E-state index contributed by atoms with van der Waals surface area (Å²) in [5, 5.41) is 4.09. The highest BCUT2D eigenvalue weighted by Crippen LogP contribution is 2.22. The van der Waals surface area contributed by atoms with Gasteiger partial charge in [-0.1, -0.05) is 6.92 Å². The lowest BCUT2D eigenvalue weighted by Gasteiger charge is -2.31. The fourth-order valence-corrected chi connectivity index (χ4v) is 3.53. The van der Waals surface area contributed by atoms with Gasteiger partial charge in [0.15, 0.2) is 0 Å². The van der Waals surface area contributed by atoms with E-state index < -0.39 is 0 Å². The maximum absolute atomic E-state index is 4.32. The van der Waals surface area contributed by atoms with E-state index in [0.29, 0.717) is 0 Å². The first-order chi connectivity index (χ1) is 8.81. The SMILES string of the molecule is CCNc1cc(CN2CCSC(CC)C2)ccn1. The molecule has 1 aromatic heterocycles. The van der Waals surface area contributed by atoms with Gasteiger partial charge in [0.1, 0.15) is 5.82 Å². The Morgan fingerprint density at radius 1 is 1.50 bits per heavy atom. The molecule has 1 unspecified atom stereocenters. The van der Waals surface area contributed by atoms with E-state index >= 15 is 0 Å². The zero-order valence-corrected chi connectivity index (χ0v) is 12.2. The molecule has 0 aliphatic carbocycles. The first-order valence-electron chi connectivity index (χ1n) is 6.84. The molecule has 0 spiro atoms. The van der Waals surface area contributed by atoms with E-state index in [1.54, 1.807) is 0 Å². The maximum Gasteiger partial charge on any atom is 0.126 e. The molecule has 1 N–H and O–H groups in total. The van der Waals surface area contributed by atoms with Crippen LogP contribution in [0.2, 0.25) is 0 Å². The van der Waals surface area contributed by atoms with Crippen LogP contribution in [0.1, 0.15) is 25.8 Å². The Hall–Kier alpha value is -0.740.